The number of carbonyl (C=O) groups is 1. The summed E-state index contributed by atoms with van der Waals surface area (Å²) < 4.78 is 5.32. The molecule has 2 aliphatic rings. The van der Waals surface area contributed by atoms with Gasteiger partial charge in [0.1, 0.15) is 0 Å². The summed E-state index contributed by atoms with van der Waals surface area (Å²) in [6.45, 7) is 4.18. The quantitative estimate of drug-likeness (QED) is 0.829. The molecule has 0 radical (unpaired) electrons. The molecule has 1 saturated heterocycles. The average Bonchev–Trinajstić information content (AvgIpc) is 2.68. The molecule has 0 N–H and O–H groups in total. The normalized spacial score (nSPS) is 17.3. The lowest BCUT2D eigenvalue weighted by Crippen LogP contribution is -2.40. The van der Waals surface area contributed by atoms with E-state index in [-0.39, 0.29) is 5.91 Å². The number of hydrogen-bond acceptors (Lipinski definition) is 4. The minimum Gasteiger partial charge on any atom is -0.378 e. The van der Waals surface area contributed by atoms with Crippen molar-refractivity contribution in [3.05, 3.63) is 58.4 Å². The van der Waals surface area contributed by atoms with Crippen molar-refractivity contribution < 1.29 is 9.53 Å². The highest BCUT2D eigenvalue weighted by Gasteiger charge is 2.21. The molecule has 1 aromatic heterocycles. The van der Waals surface area contributed by atoms with Crippen LogP contribution in [0, 0.1) is 0 Å². The summed E-state index contributed by atoms with van der Waals surface area (Å²) in [5.74, 6) is 0.0295. The molecule has 0 saturated carbocycles. The minimum atomic E-state index is 0.0295. The fraction of sp³-hybridized carbons (Fsp3) is 0.368. The van der Waals surface area contributed by atoms with Crippen molar-refractivity contribution in [3.8, 4) is 0 Å². The summed E-state index contributed by atoms with van der Waals surface area (Å²) in [5.41, 5.74) is 4.21. The van der Waals surface area contributed by atoms with Crippen molar-refractivity contribution in [1.29, 1.82) is 0 Å². The second-order valence-corrected chi connectivity index (χ2v) is 6.86. The summed E-state index contributed by atoms with van der Waals surface area (Å²) >= 11 is 6.08. The number of rotatable bonds is 2. The smallest absolute Gasteiger partial charge is 0.255 e. The first kappa shape index (κ1) is 16.4. The number of hydrogen-bond donors (Lipinski definition) is 0. The standard InChI is InChI=1S/C19H20ClN3O2/c20-17-2-1-15-13-23(4-3-14(15)9-17)18-10-16(11-21-12-18)19(24)22-5-7-25-8-6-22/h1-2,9-12H,3-8,13H2. The van der Waals surface area contributed by atoms with Crippen LogP contribution in [0.3, 0.4) is 0 Å². The van der Waals surface area contributed by atoms with Crippen molar-refractivity contribution >= 4 is 23.2 Å². The summed E-state index contributed by atoms with van der Waals surface area (Å²) in [5, 5.41) is 0.784. The molecule has 0 unspecified atom stereocenters. The number of morpholine rings is 1. The first-order valence-electron chi connectivity index (χ1n) is 8.55. The third-order valence-corrected chi connectivity index (χ3v) is 5.05. The fourth-order valence-electron chi connectivity index (χ4n) is 3.41. The third-order valence-electron chi connectivity index (χ3n) is 4.81. The van der Waals surface area contributed by atoms with Gasteiger partial charge in [-0.15, -0.1) is 0 Å². The molecular weight excluding hydrogens is 338 g/mol. The molecular formula is C19H20ClN3O2. The Bertz CT molecular complexity index is 790. The Morgan fingerprint density at radius 2 is 1.92 bits per heavy atom. The number of carbonyl (C=O) groups excluding carboxylic acids is 1. The maximum atomic E-state index is 12.7. The number of amides is 1. The zero-order chi connectivity index (χ0) is 17.2. The molecule has 1 amide bonds. The fourth-order valence-corrected chi connectivity index (χ4v) is 3.60. The van der Waals surface area contributed by atoms with E-state index in [9.17, 15) is 4.79 Å². The van der Waals surface area contributed by atoms with Crippen LogP contribution in [0.5, 0.6) is 0 Å². The van der Waals surface area contributed by atoms with Gasteiger partial charge in [0.15, 0.2) is 0 Å². The summed E-state index contributed by atoms with van der Waals surface area (Å²) in [7, 11) is 0. The van der Waals surface area contributed by atoms with Gasteiger partial charge in [0.05, 0.1) is 30.7 Å². The minimum absolute atomic E-state index is 0.0295. The number of pyridine rings is 1. The highest BCUT2D eigenvalue weighted by atomic mass is 35.5. The molecule has 3 heterocycles. The van der Waals surface area contributed by atoms with Gasteiger partial charge in [0.2, 0.25) is 0 Å². The molecule has 2 aromatic rings. The van der Waals surface area contributed by atoms with Crippen molar-refractivity contribution in [3.63, 3.8) is 0 Å². The van der Waals surface area contributed by atoms with Gasteiger partial charge in [-0.1, -0.05) is 17.7 Å². The van der Waals surface area contributed by atoms with Crippen molar-refractivity contribution in [2.75, 3.05) is 37.7 Å². The molecule has 1 aromatic carbocycles. The topological polar surface area (TPSA) is 45.7 Å². The van der Waals surface area contributed by atoms with Gasteiger partial charge >= 0.3 is 0 Å². The Hall–Kier alpha value is -2.11. The maximum Gasteiger partial charge on any atom is 0.255 e. The van der Waals surface area contributed by atoms with Crippen LogP contribution in [-0.2, 0) is 17.7 Å². The molecule has 0 bridgehead atoms. The Balaban J connectivity index is 1.53. The van der Waals surface area contributed by atoms with Crippen molar-refractivity contribution in [2.24, 2.45) is 0 Å². The van der Waals surface area contributed by atoms with E-state index < -0.39 is 0 Å². The highest BCUT2D eigenvalue weighted by molar-refractivity contribution is 6.30. The lowest BCUT2D eigenvalue weighted by molar-refractivity contribution is 0.0302. The first-order chi connectivity index (χ1) is 12.2. The number of aromatic nitrogens is 1. The molecule has 6 heteroatoms. The molecule has 1 fully saturated rings. The predicted octanol–water partition coefficient (Wildman–Crippen LogP) is 2.77. The average molecular weight is 358 g/mol. The van der Waals surface area contributed by atoms with Gasteiger partial charge in [-0.2, -0.15) is 0 Å². The molecule has 0 atom stereocenters. The van der Waals surface area contributed by atoms with Gasteiger partial charge in [-0.3, -0.25) is 9.78 Å². The van der Waals surface area contributed by atoms with E-state index >= 15 is 0 Å². The van der Waals surface area contributed by atoms with Crippen molar-refractivity contribution in [1.82, 2.24) is 9.88 Å². The van der Waals surface area contributed by atoms with Crippen LogP contribution in [0.25, 0.3) is 0 Å². The van der Waals surface area contributed by atoms with E-state index in [1.54, 1.807) is 6.20 Å². The van der Waals surface area contributed by atoms with Gasteiger partial charge < -0.3 is 14.5 Å². The molecule has 0 aliphatic carbocycles. The number of benzene rings is 1. The number of fused-ring (bicyclic) bond motifs is 1. The van der Waals surface area contributed by atoms with Crippen molar-refractivity contribution in [2.45, 2.75) is 13.0 Å². The Kier molecular flexibility index (Phi) is 4.59. The molecule has 4 rings (SSSR count). The second-order valence-electron chi connectivity index (χ2n) is 6.42. The number of halogens is 1. The van der Waals surface area contributed by atoms with E-state index in [0.717, 1.165) is 30.2 Å². The Morgan fingerprint density at radius 3 is 2.76 bits per heavy atom. The van der Waals surface area contributed by atoms with E-state index in [4.69, 9.17) is 16.3 Å². The Labute approximate surface area is 152 Å². The molecule has 2 aliphatic heterocycles. The molecule has 25 heavy (non-hydrogen) atoms. The zero-order valence-corrected chi connectivity index (χ0v) is 14.7. The largest absolute Gasteiger partial charge is 0.378 e. The van der Waals surface area contributed by atoms with Crippen LogP contribution in [0.1, 0.15) is 21.5 Å². The zero-order valence-electron chi connectivity index (χ0n) is 13.9. The van der Waals surface area contributed by atoms with Crippen LogP contribution in [0.2, 0.25) is 5.02 Å². The van der Waals surface area contributed by atoms with Gasteiger partial charge in [0.25, 0.3) is 5.91 Å². The van der Waals surface area contributed by atoms with Crippen LogP contribution >= 0.6 is 11.6 Å². The third kappa shape index (κ3) is 3.48. The number of ether oxygens (including phenoxy) is 1. The van der Waals surface area contributed by atoms with Gasteiger partial charge in [-0.05, 0) is 35.7 Å². The van der Waals surface area contributed by atoms with E-state index in [0.29, 0.717) is 31.9 Å². The number of anilines is 1. The summed E-state index contributed by atoms with van der Waals surface area (Å²) in [6, 6.07) is 8.01. The van der Waals surface area contributed by atoms with E-state index in [1.165, 1.54) is 11.1 Å². The van der Waals surface area contributed by atoms with Crippen LogP contribution in [-0.4, -0.2) is 48.6 Å². The lowest BCUT2D eigenvalue weighted by atomic mass is 9.99. The van der Waals surface area contributed by atoms with Gasteiger partial charge in [0, 0.05) is 37.4 Å². The predicted molar refractivity (Wildman–Crippen MR) is 97.2 cm³/mol. The monoisotopic (exact) mass is 357 g/mol. The molecule has 0 spiro atoms. The highest BCUT2D eigenvalue weighted by Crippen LogP contribution is 2.26. The summed E-state index contributed by atoms with van der Waals surface area (Å²) in [6.07, 6.45) is 4.42. The Morgan fingerprint density at radius 1 is 1.08 bits per heavy atom. The van der Waals surface area contributed by atoms with Gasteiger partial charge in [-0.25, -0.2) is 0 Å². The van der Waals surface area contributed by atoms with Crippen LogP contribution in [0.4, 0.5) is 5.69 Å². The SMILES string of the molecule is O=C(c1cncc(N2CCc3cc(Cl)ccc3C2)c1)N1CCOCC1. The molecule has 5 nitrogen and oxygen atoms in total. The summed E-state index contributed by atoms with van der Waals surface area (Å²) in [4.78, 5) is 21.1. The molecule has 130 valence electrons. The van der Waals surface area contributed by atoms with Crippen LogP contribution in [0.15, 0.2) is 36.7 Å². The second kappa shape index (κ2) is 7.02. The first-order valence-corrected chi connectivity index (χ1v) is 8.93. The number of nitrogens with zero attached hydrogens (tertiary/aromatic N) is 3. The van der Waals surface area contributed by atoms with E-state index in [1.807, 2.05) is 29.3 Å². The maximum absolute atomic E-state index is 12.7. The van der Waals surface area contributed by atoms with E-state index in [2.05, 4.69) is 16.0 Å². The lowest BCUT2D eigenvalue weighted by Gasteiger charge is -2.31. The van der Waals surface area contributed by atoms with Crippen LogP contribution < -0.4 is 4.90 Å².